The van der Waals surface area contributed by atoms with Crippen LogP contribution < -0.4 is 30.4 Å². The summed E-state index contributed by atoms with van der Waals surface area (Å²) >= 11 is 0. The van der Waals surface area contributed by atoms with Gasteiger partial charge in [0.1, 0.15) is 37.9 Å². The normalized spacial score (nSPS) is 11.2. The zero-order valence-electron chi connectivity index (χ0n) is 38.4. The van der Waals surface area contributed by atoms with E-state index in [1.54, 1.807) is 22.6 Å². The Morgan fingerprint density at radius 2 is 0.900 bits per heavy atom. The molecule has 8 aromatic rings. The molecule has 8 rings (SSSR count). The average Bonchev–Trinajstić information content (AvgIpc) is 3.81. The Morgan fingerprint density at radius 3 is 1.31 bits per heavy atom. The van der Waals surface area contributed by atoms with Crippen LogP contribution in [-0.2, 0) is 22.7 Å². The molecule has 0 saturated carbocycles. The molecule has 4 aromatic heterocycles. The molecule has 4 heterocycles. The van der Waals surface area contributed by atoms with Crippen molar-refractivity contribution in [1.82, 2.24) is 8.80 Å². The van der Waals surface area contributed by atoms with Crippen LogP contribution in [0.2, 0.25) is 0 Å². The smallest absolute Gasteiger partial charge is 0.337 e. The van der Waals surface area contributed by atoms with E-state index in [-0.39, 0.29) is 58.4 Å². The minimum absolute atomic E-state index is 0.0758. The number of ether oxygens (including phenoxy) is 6. The minimum Gasteiger partial charge on any atom is -0.491 e. The minimum atomic E-state index is -1.21. The van der Waals surface area contributed by atoms with Crippen molar-refractivity contribution < 1.29 is 57.8 Å². The number of carbonyl (C=O) groups is 4. The van der Waals surface area contributed by atoms with Crippen LogP contribution in [0.5, 0.6) is 23.3 Å². The van der Waals surface area contributed by atoms with Gasteiger partial charge in [-0.15, -0.1) is 0 Å². The van der Waals surface area contributed by atoms with Gasteiger partial charge >= 0.3 is 11.9 Å². The standard InChI is InChI=1S/C54H50N4O12/c1-33-47(49(59)37-15-17-43(55)41(29-37)53(61)62)45-13-3-5-19-57(45)51(33)69-31-35-9-7-11-39(27-35)67-25-23-65-21-22-66-24-26-68-40-12-8-10-36(28-40)32-70-52-34(2)48(46-14-4-6-20-58(46)52)50(60)38-16-18-44(56)42(30-38)54(63)64/h3-20,27-30H,21-26,31-32,55-56H2,1-2H3,(H,61,62)(H,63,64). The molecule has 6 N–H and O–H groups in total. The van der Waals surface area contributed by atoms with Gasteiger partial charge in [0.2, 0.25) is 11.8 Å². The molecule has 0 aliphatic carbocycles. The van der Waals surface area contributed by atoms with E-state index < -0.39 is 11.9 Å². The Kier molecular flexibility index (Phi) is 14.8. The topological polar surface area (TPSA) is 225 Å². The second-order valence-corrected chi connectivity index (χ2v) is 16.2. The third-order valence-electron chi connectivity index (χ3n) is 11.5. The van der Waals surface area contributed by atoms with Crippen molar-refractivity contribution in [3.8, 4) is 23.3 Å². The number of nitrogens with zero attached hydrogens (tertiary/aromatic N) is 2. The lowest BCUT2D eigenvalue weighted by atomic mass is 9.98. The summed E-state index contributed by atoms with van der Waals surface area (Å²) in [7, 11) is 0. The molecule has 0 atom stereocenters. The maximum Gasteiger partial charge on any atom is 0.337 e. The van der Waals surface area contributed by atoms with Crippen LogP contribution in [0.4, 0.5) is 11.4 Å². The van der Waals surface area contributed by atoms with E-state index >= 15 is 0 Å². The molecule has 0 saturated heterocycles. The summed E-state index contributed by atoms with van der Waals surface area (Å²) in [5, 5.41) is 19.1. The van der Waals surface area contributed by atoms with Crippen LogP contribution in [0.25, 0.3) is 11.0 Å². The number of nitrogens with two attached hydrogens (primary N) is 2. The maximum atomic E-state index is 13.8. The van der Waals surface area contributed by atoms with Crippen molar-refractivity contribution in [1.29, 1.82) is 0 Å². The number of nitrogen functional groups attached to an aromatic ring is 2. The van der Waals surface area contributed by atoms with E-state index in [4.69, 9.17) is 39.9 Å². The van der Waals surface area contributed by atoms with Gasteiger partial charge < -0.3 is 50.1 Å². The summed E-state index contributed by atoms with van der Waals surface area (Å²) in [6, 6.07) is 34.4. The van der Waals surface area contributed by atoms with Crippen LogP contribution in [0, 0.1) is 13.8 Å². The third-order valence-corrected chi connectivity index (χ3v) is 11.5. The van der Waals surface area contributed by atoms with Crippen LogP contribution in [0.1, 0.15) is 74.8 Å². The number of aromatic carboxylic acids is 2. The van der Waals surface area contributed by atoms with E-state index in [0.717, 1.165) is 11.1 Å². The number of hydrogen-bond donors (Lipinski definition) is 4. The van der Waals surface area contributed by atoms with Crippen LogP contribution in [0.3, 0.4) is 0 Å². The Bertz CT molecular complexity index is 3030. The fourth-order valence-corrected chi connectivity index (χ4v) is 8.10. The van der Waals surface area contributed by atoms with Gasteiger partial charge in [-0.3, -0.25) is 18.4 Å². The number of carboxylic acid groups (broad SMARTS) is 2. The summed E-state index contributed by atoms with van der Waals surface area (Å²) in [6.45, 7) is 6.03. The molecule has 0 unspecified atom stereocenters. The Balaban J connectivity index is 0.756. The van der Waals surface area contributed by atoms with Crippen molar-refractivity contribution in [2.75, 3.05) is 51.1 Å². The zero-order chi connectivity index (χ0) is 49.3. The van der Waals surface area contributed by atoms with Crippen LogP contribution in [0.15, 0.2) is 134 Å². The van der Waals surface area contributed by atoms with Crippen LogP contribution >= 0.6 is 0 Å². The number of pyridine rings is 2. The number of fused-ring (bicyclic) bond motifs is 2. The Morgan fingerprint density at radius 1 is 0.486 bits per heavy atom. The van der Waals surface area contributed by atoms with Gasteiger partial charge in [-0.05, 0) is 110 Å². The number of rotatable bonds is 23. The summed E-state index contributed by atoms with van der Waals surface area (Å²) in [4.78, 5) is 50.9. The molecule has 4 aromatic carbocycles. The Labute approximate surface area is 402 Å². The number of carboxylic acids is 2. The molecule has 358 valence electrons. The molecule has 16 nitrogen and oxygen atoms in total. The highest BCUT2D eigenvalue weighted by atomic mass is 16.6. The molecule has 0 aliphatic rings. The van der Waals surface area contributed by atoms with Gasteiger partial charge in [0.25, 0.3) is 0 Å². The van der Waals surface area contributed by atoms with Crippen molar-refractivity contribution >= 4 is 45.9 Å². The van der Waals surface area contributed by atoms with Gasteiger partial charge in [0.05, 0.1) is 59.7 Å². The lowest BCUT2D eigenvalue weighted by molar-refractivity contribution is 0.0273. The fourth-order valence-electron chi connectivity index (χ4n) is 8.10. The van der Waals surface area contributed by atoms with Crippen molar-refractivity contribution in [2.45, 2.75) is 27.1 Å². The monoisotopic (exact) mass is 946 g/mol. The second-order valence-electron chi connectivity index (χ2n) is 16.2. The van der Waals surface area contributed by atoms with Gasteiger partial charge in [-0.2, -0.15) is 0 Å². The van der Waals surface area contributed by atoms with Gasteiger partial charge in [0.15, 0.2) is 11.6 Å². The quantitative estimate of drug-likeness (QED) is 0.0268. The largest absolute Gasteiger partial charge is 0.491 e. The van der Waals surface area contributed by atoms with E-state index in [9.17, 15) is 29.4 Å². The summed E-state index contributed by atoms with van der Waals surface area (Å²) in [6.07, 6.45) is 3.62. The Hall–Kier alpha value is -8.60. The molecule has 0 spiro atoms. The molecule has 16 heteroatoms. The number of carbonyl (C=O) groups excluding carboxylic acids is 2. The molecule has 70 heavy (non-hydrogen) atoms. The lowest BCUT2D eigenvalue weighted by Gasteiger charge is -2.11. The number of hydrogen-bond acceptors (Lipinski definition) is 12. The second kappa shape index (κ2) is 21.6. The van der Waals surface area contributed by atoms with Crippen LogP contribution in [-0.4, -0.2) is 82.2 Å². The molecular weight excluding hydrogens is 897 g/mol. The van der Waals surface area contributed by atoms with Crippen molar-refractivity contribution in [3.63, 3.8) is 0 Å². The van der Waals surface area contributed by atoms with Gasteiger partial charge in [-0.25, -0.2) is 9.59 Å². The first-order chi connectivity index (χ1) is 33.9. The highest BCUT2D eigenvalue weighted by Crippen LogP contribution is 2.34. The highest BCUT2D eigenvalue weighted by Gasteiger charge is 2.26. The number of aromatic nitrogens is 2. The third kappa shape index (κ3) is 10.6. The zero-order valence-corrected chi connectivity index (χ0v) is 38.4. The van der Waals surface area contributed by atoms with E-state index in [2.05, 4.69) is 0 Å². The summed E-state index contributed by atoms with van der Waals surface area (Å²) < 4.78 is 39.5. The maximum absolute atomic E-state index is 13.8. The van der Waals surface area contributed by atoms with E-state index in [1.165, 1.54) is 36.4 Å². The van der Waals surface area contributed by atoms with E-state index in [0.29, 0.717) is 96.2 Å². The fraction of sp³-hybridized carbons (Fsp3) is 0.185. The van der Waals surface area contributed by atoms with Gasteiger partial charge in [-0.1, -0.05) is 36.4 Å². The number of benzene rings is 4. The van der Waals surface area contributed by atoms with E-state index in [1.807, 2.05) is 97.3 Å². The molecule has 0 bridgehead atoms. The molecular formula is C54H50N4O12. The SMILES string of the molecule is Cc1c(C(=O)c2ccc(N)c(C(=O)O)c2)c2ccccn2c1OCc1cccc(OCCOCCOCCOc2cccc(COc3c(C)c(C(=O)c4ccc(N)c(C(=O)O)c4)c4ccccn34)c2)c1. The number of ketones is 2. The molecule has 0 amide bonds. The summed E-state index contributed by atoms with van der Waals surface area (Å²) in [5.74, 6) is -0.857. The number of anilines is 2. The molecule has 0 fully saturated rings. The predicted molar refractivity (Wildman–Crippen MR) is 261 cm³/mol. The first-order valence-corrected chi connectivity index (χ1v) is 22.3. The molecule has 0 radical (unpaired) electrons. The van der Waals surface area contributed by atoms with Crippen molar-refractivity contribution in [3.05, 3.63) is 189 Å². The first kappa shape index (κ1) is 47.9. The summed E-state index contributed by atoms with van der Waals surface area (Å²) in [5.41, 5.74) is 16.9. The average molecular weight is 947 g/mol. The first-order valence-electron chi connectivity index (χ1n) is 22.3. The lowest BCUT2D eigenvalue weighted by Crippen LogP contribution is -2.13. The highest BCUT2D eigenvalue weighted by molar-refractivity contribution is 6.16. The van der Waals surface area contributed by atoms with Crippen molar-refractivity contribution in [2.24, 2.45) is 0 Å². The molecule has 0 aliphatic heterocycles. The van der Waals surface area contributed by atoms with Gasteiger partial charge in [0, 0.05) is 46.0 Å². The predicted octanol–water partition coefficient (Wildman–Crippen LogP) is 8.48.